The van der Waals surface area contributed by atoms with Gasteiger partial charge >= 0.3 is 6.36 Å². The summed E-state index contributed by atoms with van der Waals surface area (Å²) in [6.07, 6.45) is -3.23. The average Bonchev–Trinajstić information content (AvgIpc) is 3.20. The molecule has 5 heterocycles. The zero-order valence-corrected chi connectivity index (χ0v) is 23.1. The number of nitrogens with zero attached hydrogens (tertiary/aromatic N) is 4. The third-order valence-electron chi connectivity index (χ3n) is 8.23. The number of alkyl halides is 3. The highest BCUT2D eigenvalue weighted by atomic mass is 19.4. The fourth-order valence-electron chi connectivity index (χ4n) is 6.46. The number of benzene rings is 1. The standard InChI is InChI=1S/C28H31F5N6O2/c1-12-18(7-8-38(3)4)36-26-21-20(12)22(30)23(16-9-14(34)10-17(29)25(16)41-28(31,32)33)37-27(21)40-13(2)24-19-6-5-15(35-19)11-39(24)26/h9-10,13,15,19,24,35H,5-8,11,34H2,1-4H3/t13-,15+,19-,24+/m0/s1. The quantitative estimate of drug-likeness (QED) is 0.337. The molecule has 13 heteroatoms. The number of halogens is 5. The first-order chi connectivity index (χ1) is 19.3. The van der Waals surface area contributed by atoms with Crippen LogP contribution in [-0.2, 0) is 6.42 Å². The number of hydrogen-bond acceptors (Lipinski definition) is 8. The lowest BCUT2D eigenvalue weighted by Crippen LogP contribution is -2.62. The molecule has 2 bridgehead atoms. The number of nitrogen functional groups attached to an aromatic ring is 1. The lowest BCUT2D eigenvalue weighted by atomic mass is 9.97. The monoisotopic (exact) mass is 578 g/mol. The van der Waals surface area contributed by atoms with Crippen molar-refractivity contribution in [2.24, 2.45) is 0 Å². The van der Waals surface area contributed by atoms with Gasteiger partial charge in [0.15, 0.2) is 17.4 Å². The normalized spacial score (nSPS) is 23.5. The number of hydrogen-bond donors (Lipinski definition) is 2. The maximum Gasteiger partial charge on any atom is 0.573 e. The number of aromatic nitrogens is 2. The molecule has 0 spiro atoms. The van der Waals surface area contributed by atoms with Crippen LogP contribution in [0.4, 0.5) is 33.5 Å². The molecule has 2 fully saturated rings. The van der Waals surface area contributed by atoms with Crippen molar-refractivity contribution < 1.29 is 31.4 Å². The van der Waals surface area contributed by atoms with E-state index in [4.69, 9.17) is 15.5 Å². The molecule has 4 atom stereocenters. The Bertz CT molecular complexity index is 1530. The SMILES string of the molecule is Cc1c(CCN(C)C)nc2c3c(nc(-c4cc(N)cc(F)c4OC(F)(F)F)c(F)c13)O[C@@H](C)[C@@H]1[C@@H]3CC[C@H](CN21)N3. The van der Waals surface area contributed by atoms with Gasteiger partial charge in [-0.05, 0) is 52.4 Å². The van der Waals surface area contributed by atoms with Gasteiger partial charge in [-0.2, -0.15) is 0 Å². The summed E-state index contributed by atoms with van der Waals surface area (Å²) in [6, 6.07) is 1.92. The number of likely N-dealkylation sites (N-methyl/N-ethyl adjacent to an activating group) is 1. The Hall–Kier alpha value is -3.45. The number of fused-ring (bicyclic) bond motifs is 5. The Morgan fingerprint density at radius 1 is 1.17 bits per heavy atom. The van der Waals surface area contributed by atoms with Crippen molar-refractivity contribution in [3.8, 4) is 22.9 Å². The number of piperazine rings is 1. The van der Waals surface area contributed by atoms with Crippen molar-refractivity contribution in [3.05, 3.63) is 35.0 Å². The van der Waals surface area contributed by atoms with Crippen LogP contribution in [0.5, 0.6) is 11.6 Å². The minimum absolute atomic E-state index is 0.0136. The van der Waals surface area contributed by atoms with Gasteiger partial charge in [-0.1, -0.05) is 0 Å². The molecule has 1 aromatic carbocycles. The van der Waals surface area contributed by atoms with Gasteiger partial charge in [0.25, 0.3) is 0 Å². The Labute approximate surface area is 233 Å². The molecular weight excluding hydrogens is 547 g/mol. The molecule has 3 aliphatic rings. The lowest BCUT2D eigenvalue weighted by Gasteiger charge is -2.43. The van der Waals surface area contributed by atoms with Gasteiger partial charge in [-0.25, -0.2) is 18.7 Å². The minimum atomic E-state index is -5.24. The number of nitrogens with two attached hydrogens (primary N) is 1. The van der Waals surface area contributed by atoms with Crippen LogP contribution in [0.1, 0.15) is 31.0 Å². The molecule has 41 heavy (non-hydrogen) atoms. The van der Waals surface area contributed by atoms with E-state index in [1.54, 1.807) is 6.92 Å². The number of nitrogens with one attached hydrogen (secondary N) is 1. The molecule has 8 nitrogen and oxygen atoms in total. The van der Waals surface area contributed by atoms with Crippen LogP contribution in [0.25, 0.3) is 22.0 Å². The van der Waals surface area contributed by atoms with Gasteiger partial charge < -0.3 is 30.3 Å². The number of rotatable bonds is 5. The molecule has 2 saturated heterocycles. The topological polar surface area (TPSA) is 88.8 Å². The Balaban J connectivity index is 1.65. The van der Waals surface area contributed by atoms with Gasteiger partial charge in [0, 0.05) is 54.4 Å². The first kappa shape index (κ1) is 27.7. The number of anilines is 2. The average molecular weight is 579 g/mol. The second kappa shape index (κ2) is 9.83. The van der Waals surface area contributed by atoms with E-state index in [-0.39, 0.29) is 35.1 Å². The van der Waals surface area contributed by atoms with E-state index in [2.05, 4.69) is 19.9 Å². The molecule has 3 aliphatic heterocycles. The van der Waals surface area contributed by atoms with Crippen molar-refractivity contribution in [3.63, 3.8) is 0 Å². The molecule has 0 aliphatic carbocycles. The zero-order valence-electron chi connectivity index (χ0n) is 23.1. The predicted molar refractivity (Wildman–Crippen MR) is 144 cm³/mol. The molecule has 3 aromatic rings. The smallest absolute Gasteiger partial charge is 0.472 e. The predicted octanol–water partition coefficient (Wildman–Crippen LogP) is 4.56. The molecular formula is C28H31F5N6O2. The van der Waals surface area contributed by atoms with Crippen molar-refractivity contribution in [2.75, 3.05) is 37.8 Å². The first-order valence-electron chi connectivity index (χ1n) is 13.5. The highest BCUT2D eigenvalue weighted by Gasteiger charge is 2.47. The second-order valence-electron chi connectivity index (χ2n) is 11.3. The largest absolute Gasteiger partial charge is 0.573 e. The van der Waals surface area contributed by atoms with Crippen molar-refractivity contribution >= 4 is 22.3 Å². The van der Waals surface area contributed by atoms with E-state index in [9.17, 15) is 17.6 Å². The molecule has 3 N–H and O–H groups in total. The van der Waals surface area contributed by atoms with Crippen LogP contribution < -0.4 is 25.4 Å². The summed E-state index contributed by atoms with van der Waals surface area (Å²) in [6.45, 7) is 4.88. The maximum absolute atomic E-state index is 16.7. The summed E-state index contributed by atoms with van der Waals surface area (Å²) in [5, 5.41) is 4.09. The lowest BCUT2D eigenvalue weighted by molar-refractivity contribution is -0.275. The van der Waals surface area contributed by atoms with Crippen LogP contribution in [0, 0.1) is 18.6 Å². The van der Waals surface area contributed by atoms with Gasteiger partial charge in [-0.3, -0.25) is 0 Å². The fraction of sp³-hybridized carbons (Fsp3) is 0.500. The molecule has 220 valence electrons. The van der Waals surface area contributed by atoms with E-state index in [0.29, 0.717) is 48.0 Å². The van der Waals surface area contributed by atoms with Crippen LogP contribution in [0.2, 0.25) is 0 Å². The van der Waals surface area contributed by atoms with Gasteiger partial charge in [0.1, 0.15) is 17.6 Å². The van der Waals surface area contributed by atoms with Crippen molar-refractivity contribution in [1.29, 1.82) is 0 Å². The van der Waals surface area contributed by atoms with Crippen LogP contribution in [-0.4, -0.2) is 72.6 Å². The number of pyridine rings is 2. The summed E-state index contributed by atoms with van der Waals surface area (Å²) in [5.41, 5.74) is 5.61. The highest BCUT2D eigenvalue weighted by molar-refractivity contribution is 6.02. The maximum atomic E-state index is 16.7. The Morgan fingerprint density at radius 3 is 2.63 bits per heavy atom. The van der Waals surface area contributed by atoms with Crippen molar-refractivity contribution in [1.82, 2.24) is 20.2 Å². The second-order valence-corrected chi connectivity index (χ2v) is 11.3. The summed E-state index contributed by atoms with van der Waals surface area (Å²) in [7, 11) is 3.84. The summed E-state index contributed by atoms with van der Waals surface area (Å²) in [4.78, 5) is 13.6. The number of ether oxygens (including phenoxy) is 2. The van der Waals surface area contributed by atoms with Crippen LogP contribution in [0.15, 0.2) is 12.1 Å². The highest BCUT2D eigenvalue weighted by Crippen LogP contribution is 2.47. The summed E-state index contributed by atoms with van der Waals surface area (Å²) >= 11 is 0. The van der Waals surface area contributed by atoms with E-state index < -0.39 is 41.1 Å². The van der Waals surface area contributed by atoms with E-state index in [1.807, 2.05) is 25.9 Å². The van der Waals surface area contributed by atoms with Crippen LogP contribution in [0.3, 0.4) is 0 Å². The third kappa shape index (κ3) is 4.78. The molecule has 0 saturated carbocycles. The Morgan fingerprint density at radius 2 is 1.93 bits per heavy atom. The molecule has 0 unspecified atom stereocenters. The zero-order chi connectivity index (χ0) is 29.4. The van der Waals surface area contributed by atoms with Crippen LogP contribution >= 0.6 is 0 Å². The summed E-state index contributed by atoms with van der Waals surface area (Å²) in [5.74, 6) is -2.99. The van der Waals surface area contributed by atoms with E-state index in [0.717, 1.165) is 18.9 Å². The van der Waals surface area contributed by atoms with Gasteiger partial charge in [0.05, 0.1) is 17.0 Å². The fourth-order valence-corrected chi connectivity index (χ4v) is 6.46. The van der Waals surface area contributed by atoms with E-state index in [1.165, 1.54) is 0 Å². The molecule has 2 aromatic heterocycles. The Kier molecular flexibility index (Phi) is 6.64. The molecule has 0 radical (unpaired) electrons. The molecule has 0 amide bonds. The minimum Gasteiger partial charge on any atom is -0.472 e. The van der Waals surface area contributed by atoms with Gasteiger partial charge in [-0.15, -0.1) is 13.2 Å². The number of aryl methyl sites for hydroxylation is 1. The molecule has 6 rings (SSSR count). The van der Waals surface area contributed by atoms with Crippen molar-refractivity contribution in [2.45, 2.75) is 63.7 Å². The van der Waals surface area contributed by atoms with Gasteiger partial charge in [0.2, 0.25) is 5.88 Å². The summed E-state index contributed by atoms with van der Waals surface area (Å²) < 4.78 is 81.9. The third-order valence-corrected chi connectivity index (χ3v) is 8.23. The first-order valence-corrected chi connectivity index (χ1v) is 13.5. The van der Waals surface area contributed by atoms with E-state index >= 15 is 4.39 Å².